The zero-order valence-corrected chi connectivity index (χ0v) is 12.3. The first-order valence-corrected chi connectivity index (χ1v) is 8.03. The molecule has 0 aromatic carbocycles. The molecule has 1 atom stereocenters. The summed E-state index contributed by atoms with van der Waals surface area (Å²) in [6.45, 7) is 3.55. The van der Waals surface area contributed by atoms with Crippen molar-refractivity contribution in [3.8, 4) is 0 Å². The van der Waals surface area contributed by atoms with Crippen LogP contribution in [0.15, 0.2) is 0 Å². The highest BCUT2D eigenvalue weighted by atomic mass is 32.2. The molecule has 0 saturated heterocycles. The molecule has 0 aliphatic heterocycles. The van der Waals surface area contributed by atoms with E-state index in [0.29, 0.717) is 0 Å². The van der Waals surface area contributed by atoms with Gasteiger partial charge in [-0.05, 0) is 12.3 Å². The van der Waals surface area contributed by atoms with Gasteiger partial charge in [-0.2, -0.15) is 0 Å². The fraction of sp³-hybridized carbons (Fsp3) is 0.818. The molecule has 0 fully saturated rings. The average molecular weight is 294 g/mol. The first-order valence-electron chi connectivity index (χ1n) is 5.96. The van der Waals surface area contributed by atoms with Gasteiger partial charge in [0.1, 0.15) is 16.4 Å². The first kappa shape index (κ1) is 17.8. The molecule has 1 amide bonds. The lowest BCUT2D eigenvalue weighted by atomic mass is 10.1. The summed E-state index contributed by atoms with van der Waals surface area (Å²) in [5, 5.41) is 8.76. The van der Waals surface area contributed by atoms with Crippen LogP contribution in [0.2, 0.25) is 0 Å². The summed E-state index contributed by atoms with van der Waals surface area (Å²) in [6, 6.07) is -0.993. The number of carbonyl (C=O) groups is 2. The summed E-state index contributed by atoms with van der Waals surface area (Å²) in [5.74, 6) is -1.74. The number of hydrogen-bond acceptors (Lipinski definition) is 5. The van der Waals surface area contributed by atoms with Gasteiger partial charge in [-0.15, -0.1) is 0 Å². The molecule has 112 valence electrons. The number of carboxylic acids is 1. The van der Waals surface area contributed by atoms with Crippen LogP contribution in [0.25, 0.3) is 0 Å². The lowest BCUT2D eigenvalue weighted by molar-refractivity contribution is -0.145. The Morgan fingerprint density at radius 1 is 1.32 bits per heavy atom. The molecule has 0 saturated carbocycles. The molecular weight excluding hydrogens is 272 g/mol. The topological polar surface area (TPSA) is 118 Å². The minimum Gasteiger partial charge on any atom is -0.480 e. The van der Waals surface area contributed by atoms with Crippen molar-refractivity contribution in [1.29, 1.82) is 0 Å². The van der Waals surface area contributed by atoms with Crippen LogP contribution in [0.1, 0.15) is 20.3 Å². The SMILES string of the molecule is CC(C)CN(CC(=O)O)C(=O)C(N)CCS(C)(=O)=O. The highest BCUT2D eigenvalue weighted by molar-refractivity contribution is 7.90. The molecule has 7 nitrogen and oxygen atoms in total. The van der Waals surface area contributed by atoms with Crippen LogP contribution in [-0.4, -0.2) is 61.4 Å². The minimum absolute atomic E-state index is 0.00805. The maximum atomic E-state index is 12.0. The van der Waals surface area contributed by atoms with Crippen molar-refractivity contribution in [2.45, 2.75) is 26.3 Å². The number of carboxylic acid groups (broad SMARTS) is 1. The van der Waals surface area contributed by atoms with Crippen LogP contribution in [0.3, 0.4) is 0 Å². The predicted molar refractivity (Wildman–Crippen MR) is 71.4 cm³/mol. The Labute approximate surface area is 113 Å². The number of carbonyl (C=O) groups excluding carboxylic acids is 1. The molecule has 0 rings (SSSR count). The maximum absolute atomic E-state index is 12.0. The van der Waals surface area contributed by atoms with Crippen molar-refractivity contribution >= 4 is 21.7 Å². The Bertz CT molecular complexity index is 419. The van der Waals surface area contributed by atoms with E-state index in [1.807, 2.05) is 13.8 Å². The van der Waals surface area contributed by atoms with Crippen LogP contribution >= 0.6 is 0 Å². The summed E-state index contributed by atoms with van der Waals surface area (Å²) in [6.07, 6.45) is 1.05. The molecule has 0 radical (unpaired) electrons. The Hall–Kier alpha value is -1.15. The Morgan fingerprint density at radius 2 is 1.84 bits per heavy atom. The van der Waals surface area contributed by atoms with E-state index in [2.05, 4.69) is 0 Å². The number of nitrogens with zero attached hydrogens (tertiary/aromatic N) is 1. The number of aliphatic carboxylic acids is 1. The van der Waals surface area contributed by atoms with E-state index in [-0.39, 0.29) is 24.6 Å². The summed E-state index contributed by atoms with van der Waals surface area (Å²) < 4.78 is 22.0. The number of amides is 1. The number of sulfone groups is 1. The molecule has 19 heavy (non-hydrogen) atoms. The van der Waals surface area contributed by atoms with Crippen LogP contribution in [0.4, 0.5) is 0 Å². The molecule has 3 N–H and O–H groups in total. The fourth-order valence-electron chi connectivity index (χ4n) is 1.54. The van der Waals surface area contributed by atoms with Crippen LogP contribution < -0.4 is 5.73 Å². The van der Waals surface area contributed by atoms with Gasteiger partial charge in [0.15, 0.2) is 0 Å². The normalized spacial score (nSPS) is 13.3. The second-order valence-electron chi connectivity index (χ2n) is 5.03. The van der Waals surface area contributed by atoms with Crippen molar-refractivity contribution in [3.05, 3.63) is 0 Å². The molecule has 0 bridgehead atoms. The van der Waals surface area contributed by atoms with Gasteiger partial charge in [0.05, 0.1) is 11.8 Å². The highest BCUT2D eigenvalue weighted by Gasteiger charge is 2.24. The summed E-state index contributed by atoms with van der Waals surface area (Å²) >= 11 is 0. The van der Waals surface area contributed by atoms with Crippen LogP contribution in [0, 0.1) is 5.92 Å². The van der Waals surface area contributed by atoms with Crippen molar-refractivity contribution in [2.75, 3.05) is 25.1 Å². The van der Waals surface area contributed by atoms with Crippen molar-refractivity contribution in [2.24, 2.45) is 11.7 Å². The van der Waals surface area contributed by atoms with E-state index in [1.165, 1.54) is 0 Å². The van der Waals surface area contributed by atoms with Gasteiger partial charge in [-0.25, -0.2) is 8.42 Å². The molecule has 0 aliphatic rings. The quantitative estimate of drug-likeness (QED) is 0.612. The van der Waals surface area contributed by atoms with Gasteiger partial charge >= 0.3 is 5.97 Å². The maximum Gasteiger partial charge on any atom is 0.323 e. The van der Waals surface area contributed by atoms with Gasteiger partial charge < -0.3 is 15.7 Å². The Morgan fingerprint density at radius 3 is 2.21 bits per heavy atom. The second-order valence-corrected chi connectivity index (χ2v) is 7.29. The van der Waals surface area contributed by atoms with E-state index in [0.717, 1.165) is 11.2 Å². The molecule has 1 unspecified atom stereocenters. The Balaban J connectivity index is 4.64. The smallest absolute Gasteiger partial charge is 0.323 e. The van der Waals surface area contributed by atoms with E-state index < -0.39 is 34.3 Å². The monoisotopic (exact) mass is 294 g/mol. The predicted octanol–water partition coefficient (Wildman–Crippen LogP) is -0.682. The van der Waals surface area contributed by atoms with Gasteiger partial charge in [0.2, 0.25) is 5.91 Å². The molecule has 8 heteroatoms. The third-order valence-corrected chi connectivity index (χ3v) is 3.32. The number of hydrogen-bond donors (Lipinski definition) is 2. The van der Waals surface area contributed by atoms with Gasteiger partial charge in [-0.3, -0.25) is 9.59 Å². The van der Waals surface area contributed by atoms with Gasteiger partial charge in [0, 0.05) is 12.8 Å². The van der Waals surface area contributed by atoms with E-state index in [9.17, 15) is 18.0 Å². The standard InChI is InChI=1S/C11H22N2O5S/c1-8(2)6-13(7-10(14)15)11(16)9(12)4-5-19(3,17)18/h8-9H,4-7,12H2,1-3H3,(H,14,15). The van der Waals surface area contributed by atoms with Crippen molar-refractivity contribution in [3.63, 3.8) is 0 Å². The minimum atomic E-state index is -3.19. The number of nitrogens with two attached hydrogens (primary N) is 1. The molecule has 0 heterocycles. The average Bonchev–Trinajstić information content (AvgIpc) is 2.21. The molecule has 0 aromatic heterocycles. The van der Waals surface area contributed by atoms with Gasteiger partial charge in [-0.1, -0.05) is 13.8 Å². The lowest BCUT2D eigenvalue weighted by Gasteiger charge is -2.25. The van der Waals surface area contributed by atoms with E-state index >= 15 is 0 Å². The first-order chi connectivity index (χ1) is 8.53. The zero-order valence-electron chi connectivity index (χ0n) is 11.5. The van der Waals surface area contributed by atoms with Crippen LogP contribution in [0.5, 0.6) is 0 Å². The lowest BCUT2D eigenvalue weighted by Crippen LogP contribution is -2.47. The highest BCUT2D eigenvalue weighted by Crippen LogP contribution is 2.04. The molecular formula is C11H22N2O5S. The zero-order chi connectivity index (χ0) is 15.2. The van der Waals surface area contributed by atoms with E-state index in [4.69, 9.17) is 10.8 Å². The third-order valence-electron chi connectivity index (χ3n) is 2.34. The fourth-order valence-corrected chi connectivity index (χ4v) is 2.22. The van der Waals surface area contributed by atoms with Crippen molar-refractivity contribution < 1.29 is 23.1 Å². The molecule has 0 spiro atoms. The van der Waals surface area contributed by atoms with Crippen molar-refractivity contribution in [1.82, 2.24) is 4.90 Å². The second kappa shape index (κ2) is 7.44. The van der Waals surface area contributed by atoms with E-state index in [1.54, 1.807) is 0 Å². The summed E-state index contributed by atoms with van der Waals surface area (Å²) in [7, 11) is -3.19. The molecule has 0 aromatic rings. The third kappa shape index (κ3) is 8.55. The number of rotatable bonds is 8. The Kier molecular flexibility index (Phi) is 6.99. The van der Waals surface area contributed by atoms with Crippen LogP contribution in [-0.2, 0) is 19.4 Å². The summed E-state index contributed by atoms with van der Waals surface area (Å²) in [4.78, 5) is 23.8. The summed E-state index contributed by atoms with van der Waals surface area (Å²) in [5.41, 5.74) is 5.63. The largest absolute Gasteiger partial charge is 0.480 e. The van der Waals surface area contributed by atoms with Gasteiger partial charge in [0.25, 0.3) is 0 Å². The molecule has 0 aliphatic carbocycles.